The first-order chi connectivity index (χ1) is 19.7. The highest BCUT2D eigenvalue weighted by Gasteiger charge is 2.32. The van der Waals surface area contributed by atoms with Crippen molar-refractivity contribution in [1.29, 1.82) is 0 Å². The number of hydrogen-bond acceptors (Lipinski definition) is 4. The molecule has 0 atom stereocenters. The number of anilines is 1. The molecule has 2 fully saturated rings. The smallest absolute Gasteiger partial charge is 0.230 e. The summed E-state index contributed by atoms with van der Waals surface area (Å²) < 4.78 is 7.20. The summed E-state index contributed by atoms with van der Waals surface area (Å²) in [6.07, 6.45) is 14.6. The fourth-order valence-corrected chi connectivity index (χ4v) is 5.98. The number of methoxy groups -OCH3 is 1. The summed E-state index contributed by atoms with van der Waals surface area (Å²) in [5, 5.41) is 14.2. The highest BCUT2D eigenvalue weighted by molar-refractivity contribution is 5.95. The number of aliphatic hydroxyl groups is 1. The molecule has 1 heterocycles. The monoisotopic (exact) mass is 555 g/mol. The zero-order chi connectivity index (χ0) is 29.4. The van der Waals surface area contributed by atoms with Gasteiger partial charge in [0.1, 0.15) is 5.76 Å². The van der Waals surface area contributed by atoms with Crippen molar-refractivity contribution in [2.24, 2.45) is 24.8 Å². The molecule has 6 nitrogen and oxygen atoms in total. The largest absolute Gasteiger partial charge is 0.497 e. The number of ether oxygens (including phenoxy) is 1. The van der Waals surface area contributed by atoms with Crippen LogP contribution in [0, 0.1) is 29.6 Å². The Hall–Kier alpha value is -3.56. The molecule has 0 radical (unpaired) electrons. The molecule has 0 spiro atoms. The van der Waals surface area contributed by atoms with Crippen LogP contribution in [0.3, 0.4) is 0 Å². The molecule has 2 aliphatic carbocycles. The first-order valence-electron chi connectivity index (χ1n) is 14.9. The minimum atomic E-state index is -0.285. The molecule has 4 rings (SSSR count). The molecule has 218 valence electrons. The van der Waals surface area contributed by atoms with Gasteiger partial charge in [0, 0.05) is 37.0 Å². The first kappa shape index (κ1) is 30.4. The number of aromatic nitrogens is 2. The fraction of sp³-hybridized carbons (Fsp3) is 0.486. The topological polar surface area (TPSA) is 67.6 Å². The maximum atomic E-state index is 13.9. The second-order valence-corrected chi connectivity index (χ2v) is 11.9. The van der Waals surface area contributed by atoms with Gasteiger partial charge in [-0.2, -0.15) is 5.10 Å². The molecular weight excluding hydrogens is 510 g/mol. The Labute approximate surface area is 245 Å². The molecule has 0 aliphatic heterocycles. The summed E-state index contributed by atoms with van der Waals surface area (Å²) in [4.78, 5) is 15.9. The van der Waals surface area contributed by atoms with Crippen molar-refractivity contribution in [3.05, 3.63) is 83.4 Å². The minimum Gasteiger partial charge on any atom is -0.497 e. The second-order valence-electron chi connectivity index (χ2n) is 11.9. The molecule has 0 unspecified atom stereocenters. The third-order valence-electron chi connectivity index (χ3n) is 8.50. The second kappa shape index (κ2) is 14.4. The lowest BCUT2D eigenvalue weighted by molar-refractivity contribution is -0.124. The van der Waals surface area contributed by atoms with E-state index in [4.69, 9.17) is 4.74 Å². The maximum absolute atomic E-state index is 13.9. The first-order valence-corrected chi connectivity index (χ1v) is 14.9. The quantitative estimate of drug-likeness (QED) is 0.228. The number of nitrogens with zero attached hydrogens (tertiary/aromatic N) is 3. The van der Waals surface area contributed by atoms with Crippen LogP contribution >= 0.6 is 0 Å². The molecule has 2 aliphatic rings. The van der Waals surface area contributed by atoms with Gasteiger partial charge in [0.15, 0.2) is 0 Å². The van der Waals surface area contributed by atoms with Crippen LogP contribution in [0.1, 0.15) is 76.3 Å². The summed E-state index contributed by atoms with van der Waals surface area (Å²) in [5.41, 5.74) is 4.93. The molecule has 6 heteroatoms. The SMILES string of the molecule is C=C(/C=C\C(OC)=C(C)C)[C@H]1CC[C@H](CN(c2cccc(C#Cc3cnn(C)c3)c2)C(=O)[C@H]2CC[C@H](O)CC2)CC1. The lowest BCUT2D eigenvalue weighted by Gasteiger charge is -2.36. The van der Waals surface area contributed by atoms with Gasteiger partial charge in [-0.25, -0.2) is 0 Å². The fourth-order valence-electron chi connectivity index (χ4n) is 5.98. The van der Waals surface area contributed by atoms with E-state index in [0.717, 1.165) is 72.2 Å². The molecule has 1 aromatic carbocycles. The standard InChI is InChI=1S/C35H45N3O3/c1-25(2)34(41-5)20-9-26(3)30-14-12-28(13-15-30)24-38(35(40)31-16-18-33(39)19-17-31)32-8-6-7-27(21-32)10-11-29-22-36-37(4)23-29/h6-9,20-23,28,30-31,33,39H,3,12-19,24H2,1-2,4-5H3/b20-9-/t28-,30-,31-,33-. The van der Waals surface area contributed by atoms with Gasteiger partial charge >= 0.3 is 0 Å². The Morgan fingerprint density at radius 2 is 1.76 bits per heavy atom. The van der Waals surface area contributed by atoms with E-state index >= 15 is 0 Å². The molecule has 0 bridgehead atoms. The number of carbonyl (C=O) groups is 1. The molecule has 2 saturated carbocycles. The summed E-state index contributed by atoms with van der Waals surface area (Å²) in [6, 6.07) is 8.04. The van der Waals surface area contributed by atoms with E-state index < -0.39 is 0 Å². The van der Waals surface area contributed by atoms with Gasteiger partial charge in [0.25, 0.3) is 0 Å². The van der Waals surface area contributed by atoms with Gasteiger partial charge in [-0.1, -0.05) is 36.1 Å². The van der Waals surface area contributed by atoms with Gasteiger partial charge in [-0.3, -0.25) is 9.48 Å². The van der Waals surface area contributed by atoms with E-state index in [9.17, 15) is 9.90 Å². The maximum Gasteiger partial charge on any atom is 0.230 e. The Bertz CT molecular complexity index is 1320. The van der Waals surface area contributed by atoms with Crippen LogP contribution in [-0.4, -0.2) is 40.6 Å². The van der Waals surface area contributed by atoms with Gasteiger partial charge in [-0.05, 0) is 107 Å². The average molecular weight is 556 g/mol. The predicted octanol–water partition coefficient (Wildman–Crippen LogP) is 6.56. The van der Waals surface area contributed by atoms with Crippen LogP contribution in [-0.2, 0) is 16.6 Å². The lowest BCUT2D eigenvalue weighted by Crippen LogP contribution is -2.42. The van der Waals surface area contributed by atoms with Crippen molar-refractivity contribution in [2.45, 2.75) is 71.3 Å². The van der Waals surface area contributed by atoms with Crippen LogP contribution in [0.25, 0.3) is 0 Å². The number of aliphatic hydroxyl groups excluding tert-OH is 1. The van der Waals surface area contributed by atoms with Crippen molar-refractivity contribution in [3.8, 4) is 11.8 Å². The third-order valence-corrected chi connectivity index (χ3v) is 8.50. The zero-order valence-corrected chi connectivity index (χ0v) is 25.1. The van der Waals surface area contributed by atoms with Crippen molar-refractivity contribution < 1.29 is 14.6 Å². The van der Waals surface area contributed by atoms with E-state index in [1.165, 1.54) is 0 Å². The van der Waals surface area contributed by atoms with Crippen molar-refractivity contribution >= 4 is 11.6 Å². The van der Waals surface area contributed by atoms with Gasteiger partial charge in [-0.15, -0.1) is 0 Å². The van der Waals surface area contributed by atoms with Crippen LogP contribution in [0.5, 0.6) is 0 Å². The predicted molar refractivity (Wildman–Crippen MR) is 165 cm³/mol. The summed E-state index contributed by atoms with van der Waals surface area (Å²) in [6.45, 7) is 9.15. The van der Waals surface area contributed by atoms with Crippen LogP contribution < -0.4 is 4.90 Å². The average Bonchev–Trinajstić information content (AvgIpc) is 3.40. The Morgan fingerprint density at radius 3 is 2.39 bits per heavy atom. The molecule has 1 aromatic heterocycles. The number of amides is 1. The van der Waals surface area contributed by atoms with Crippen LogP contribution in [0.15, 0.2) is 72.3 Å². The van der Waals surface area contributed by atoms with Crippen molar-refractivity contribution in [2.75, 3.05) is 18.6 Å². The lowest BCUT2D eigenvalue weighted by atomic mass is 9.78. The molecular formula is C35H45N3O3. The van der Waals surface area contributed by atoms with E-state index in [0.29, 0.717) is 31.2 Å². The highest BCUT2D eigenvalue weighted by Crippen LogP contribution is 2.36. The Morgan fingerprint density at radius 1 is 1.07 bits per heavy atom. The van der Waals surface area contributed by atoms with E-state index in [-0.39, 0.29) is 17.9 Å². The number of allylic oxidation sites excluding steroid dienone is 4. The van der Waals surface area contributed by atoms with E-state index in [2.05, 4.69) is 29.6 Å². The number of rotatable bonds is 8. The van der Waals surface area contributed by atoms with Crippen LogP contribution in [0.4, 0.5) is 5.69 Å². The van der Waals surface area contributed by atoms with E-state index in [1.54, 1.807) is 18.0 Å². The number of carbonyl (C=O) groups excluding carboxylic acids is 1. The molecule has 1 amide bonds. The Kier molecular flexibility index (Phi) is 10.7. The third kappa shape index (κ3) is 8.47. The number of aryl methyl sites for hydroxylation is 1. The summed E-state index contributed by atoms with van der Waals surface area (Å²) >= 11 is 0. The van der Waals surface area contributed by atoms with Crippen molar-refractivity contribution in [3.63, 3.8) is 0 Å². The van der Waals surface area contributed by atoms with Crippen molar-refractivity contribution in [1.82, 2.24) is 9.78 Å². The molecule has 2 aromatic rings. The summed E-state index contributed by atoms with van der Waals surface area (Å²) in [5.74, 6) is 8.32. The van der Waals surface area contributed by atoms with Gasteiger partial charge in [0.2, 0.25) is 5.91 Å². The minimum absolute atomic E-state index is 0.0464. The number of benzene rings is 1. The molecule has 0 saturated heterocycles. The number of hydrogen-bond donors (Lipinski definition) is 1. The van der Waals surface area contributed by atoms with E-state index in [1.807, 2.05) is 62.3 Å². The Balaban J connectivity index is 1.47. The van der Waals surface area contributed by atoms with Gasteiger partial charge in [0.05, 0.1) is 25.0 Å². The normalized spacial score (nSPS) is 22.5. The summed E-state index contributed by atoms with van der Waals surface area (Å²) in [7, 11) is 3.58. The molecule has 1 N–H and O–H groups in total. The highest BCUT2D eigenvalue weighted by atomic mass is 16.5. The molecule has 41 heavy (non-hydrogen) atoms. The van der Waals surface area contributed by atoms with Gasteiger partial charge < -0.3 is 14.7 Å². The van der Waals surface area contributed by atoms with Crippen LogP contribution in [0.2, 0.25) is 0 Å². The zero-order valence-electron chi connectivity index (χ0n) is 25.1.